The van der Waals surface area contributed by atoms with E-state index in [9.17, 15) is 35.2 Å². The van der Waals surface area contributed by atoms with E-state index >= 15 is 0 Å². The molecular weight excluding hydrogens is 545 g/mol. The van der Waals surface area contributed by atoms with Crippen LogP contribution in [0.4, 0.5) is 22.0 Å². The Bertz CT molecular complexity index is 1310. The van der Waals surface area contributed by atoms with Crippen molar-refractivity contribution in [2.75, 3.05) is 26.5 Å². The number of amides is 1. The first-order valence-electron chi connectivity index (χ1n) is 12.5. The molecule has 2 aromatic carbocycles. The largest absolute Gasteiger partial charge is 0.494 e. The molecule has 12 heteroatoms. The molecule has 1 aliphatic heterocycles. The van der Waals surface area contributed by atoms with Gasteiger partial charge in [0, 0.05) is 38.1 Å². The molecule has 2 fully saturated rings. The molecule has 214 valence electrons. The maximum Gasteiger partial charge on any atom is 0.425 e. The third kappa shape index (κ3) is 6.31. The lowest BCUT2D eigenvalue weighted by atomic mass is 9.81. The third-order valence-corrected chi connectivity index (χ3v) is 8.55. The van der Waals surface area contributed by atoms with Crippen molar-refractivity contribution < 1.29 is 44.6 Å². The molecule has 2 aliphatic rings. The molecule has 6 nitrogen and oxygen atoms in total. The standard InChI is InChI=1S/C27H30F5NO5S/c1-16(27(30,31)32)38-21-8-9-22(39(3,35)36)24(37-2)23(21)25(34)33-14-20(15-33)18-6-4-17(5-7-18)19-10-12-26(28,29)13-11-19/h4-9,16,19-20H,10-15H2,1-3H3/t16-/m1/s1. The van der Waals surface area contributed by atoms with Crippen LogP contribution < -0.4 is 9.47 Å². The molecule has 2 aromatic rings. The second-order valence-electron chi connectivity index (χ2n) is 10.2. The van der Waals surface area contributed by atoms with Gasteiger partial charge in [0.25, 0.3) is 5.91 Å². The number of likely N-dealkylation sites (tertiary alicyclic amines) is 1. The van der Waals surface area contributed by atoms with Crippen molar-refractivity contribution in [2.45, 2.75) is 67.5 Å². The smallest absolute Gasteiger partial charge is 0.425 e. The highest BCUT2D eigenvalue weighted by Crippen LogP contribution is 2.42. The summed E-state index contributed by atoms with van der Waals surface area (Å²) in [5, 5.41) is 0. The molecule has 1 heterocycles. The molecule has 1 saturated heterocycles. The van der Waals surface area contributed by atoms with Gasteiger partial charge in [0.05, 0.1) is 7.11 Å². The van der Waals surface area contributed by atoms with Crippen LogP contribution in [0.25, 0.3) is 0 Å². The Morgan fingerprint density at radius 2 is 1.54 bits per heavy atom. The molecular formula is C27H30F5NO5S. The normalized spacial score (nSPS) is 19.3. The van der Waals surface area contributed by atoms with E-state index in [1.807, 2.05) is 24.3 Å². The van der Waals surface area contributed by atoms with E-state index in [-0.39, 0.29) is 54.0 Å². The summed E-state index contributed by atoms with van der Waals surface area (Å²) >= 11 is 0. The molecule has 1 aliphatic carbocycles. The predicted octanol–water partition coefficient (Wildman–Crippen LogP) is 5.96. The molecule has 0 bridgehead atoms. The summed E-state index contributed by atoms with van der Waals surface area (Å²) in [6, 6.07) is 9.72. The number of ether oxygens (including phenoxy) is 2. The second-order valence-corrected chi connectivity index (χ2v) is 12.2. The van der Waals surface area contributed by atoms with Gasteiger partial charge in [-0.25, -0.2) is 17.2 Å². The lowest BCUT2D eigenvalue weighted by Crippen LogP contribution is -2.48. The molecule has 0 aromatic heterocycles. The van der Waals surface area contributed by atoms with E-state index in [1.54, 1.807) is 0 Å². The number of rotatable bonds is 7. The fraction of sp³-hybridized carbons (Fsp3) is 0.519. The van der Waals surface area contributed by atoms with Crippen LogP contribution in [0.1, 0.15) is 65.9 Å². The number of alkyl halides is 5. The van der Waals surface area contributed by atoms with Crippen LogP contribution in [0.15, 0.2) is 41.3 Å². The van der Waals surface area contributed by atoms with Gasteiger partial charge < -0.3 is 14.4 Å². The number of halogens is 5. The highest BCUT2D eigenvalue weighted by Gasteiger charge is 2.41. The van der Waals surface area contributed by atoms with Gasteiger partial charge in [-0.3, -0.25) is 4.79 Å². The van der Waals surface area contributed by atoms with Crippen molar-refractivity contribution in [2.24, 2.45) is 0 Å². The molecule has 4 rings (SSSR count). The molecule has 1 amide bonds. The van der Waals surface area contributed by atoms with Crippen LogP contribution in [0, 0.1) is 0 Å². The van der Waals surface area contributed by atoms with E-state index in [0.717, 1.165) is 43.5 Å². The highest BCUT2D eigenvalue weighted by molar-refractivity contribution is 7.90. The minimum absolute atomic E-state index is 0.0544. The van der Waals surface area contributed by atoms with Gasteiger partial charge >= 0.3 is 6.18 Å². The summed E-state index contributed by atoms with van der Waals surface area (Å²) in [6.45, 7) is 1.27. The Hall–Kier alpha value is -2.89. The average molecular weight is 576 g/mol. The van der Waals surface area contributed by atoms with Crippen LogP contribution in [0.2, 0.25) is 0 Å². The van der Waals surface area contributed by atoms with Crippen molar-refractivity contribution in [1.29, 1.82) is 0 Å². The van der Waals surface area contributed by atoms with E-state index in [4.69, 9.17) is 9.47 Å². The van der Waals surface area contributed by atoms with Crippen LogP contribution >= 0.6 is 0 Å². The number of carbonyl (C=O) groups is 1. The zero-order valence-electron chi connectivity index (χ0n) is 21.7. The third-order valence-electron chi connectivity index (χ3n) is 7.43. The number of sulfone groups is 1. The van der Waals surface area contributed by atoms with E-state index in [0.29, 0.717) is 12.8 Å². The summed E-state index contributed by atoms with van der Waals surface area (Å²) in [7, 11) is -2.75. The number of carbonyl (C=O) groups excluding carboxylic acids is 1. The highest BCUT2D eigenvalue weighted by atomic mass is 32.2. The number of hydrogen-bond donors (Lipinski definition) is 0. The maximum absolute atomic E-state index is 13.5. The Balaban J connectivity index is 1.52. The van der Waals surface area contributed by atoms with E-state index in [1.165, 1.54) is 4.90 Å². The summed E-state index contributed by atoms with van der Waals surface area (Å²) in [6.07, 6.45) is -5.48. The van der Waals surface area contributed by atoms with Gasteiger partial charge in [-0.1, -0.05) is 24.3 Å². The van der Waals surface area contributed by atoms with Crippen molar-refractivity contribution in [3.8, 4) is 11.5 Å². The van der Waals surface area contributed by atoms with Crippen LogP contribution in [0.5, 0.6) is 11.5 Å². The molecule has 1 saturated carbocycles. The number of hydrogen-bond acceptors (Lipinski definition) is 5. The van der Waals surface area contributed by atoms with Gasteiger partial charge in [0.2, 0.25) is 5.92 Å². The molecule has 39 heavy (non-hydrogen) atoms. The number of benzene rings is 2. The topological polar surface area (TPSA) is 72.9 Å². The Morgan fingerprint density at radius 1 is 1.00 bits per heavy atom. The van der Waals surface area contributed by atoms with Crippen molar-refractivity contribution in [1.82, 2.24) is 4.90 Å². The monoisotopic (exact) mass is 575 g/mol. The molecule has 0 unspecified atom stereocenters. The zero-order chi connectivity index (χ0) is 28.8. The minimum atomic E-state index is -4.71. The predicted molar refractivity (Wildman–Crippen MR) is 133 cm³/mol. The van der Waals surface area contributed by atoms with Crippen LogP contribution in [-0.2, 0) is 9.84 Å². The van der Waals surface area contributed by atoms with E-state index < -0.39 is 39.7 Å². The Kier molecular flexibility index (Phi) is 7.90. The summed E-state index contributed by atoms with van der Waals surface area (Å²) in [5.74, 6) is -4.10. The summed E-state index contributed by atoms with van der Waals surface area (Å²) in [4.78, 5) is 14.5. The van der Waals surface area contributed by atoms with Gasteiger partial charge in [-0.05, 0) is 48.9 Å². The fourth-order valence-corrected chi connectivity index (χ4v) is 5.86. The van der Waals surface area contributed by atoms with Crippen molar-refractivity contribution >= 4 is 15.7 Å². The van der Waals surface area contributed by atoms with E-state index in [2.05, 4.69) is 0 Å². The minimum Gasteiger partial charge on any atom is -0.494 e. The molecule has 1 atom stereocenters. The SMILES string of the molecule is COc1c(S(C)(=O)=O)ccc(O[C@H](C)C(F)(F)F)c1C(=O)N1CC(c2ccc(C3CCC(F)(F)CC3)cc2)C1. The lowest BCUT2D eigenvalue weighted by molar-refractivity contribution is -0.189. The van der Waals surface area contributed by atoms with Gasteiger partial charge in [-0.15, -0.1) is 0 Å². The number of nitrogens with zero attached hydrogens (tertiary/aromatic N) is 1. The van der Waals surface area contributed by atoms with Crippen molar-refractivity contribution in [3.05, 3.63) is 53.1 Å². The summed E-state index contributed by atoms with van der Waals surface area (Å²) < 4.78 is 101. The molecule has 0 spiro atoms. The number of methoxy groups -OCH3 is 1. The first-order chi connectivity index (χ1) is 18.1. The van der Waals surface area contributed by atoms with Crippen LogP contribution in [0.3, 0.4) is 0 Å². The van der Waals surface area contributed by atoms with Gasteiger partial charge in [0.15, 0.2) is 21.7 Å². The first kappa shape index (κ1) is 29.1. The Labute approximate surface area is 224 Å². The zero-order valence-corrected chi connectivity index (χ0v) is 22.5. The lowest BCUT2D eigenvalue weighted by Gasteiger charge is -2.40. The quantitative estimate of drug-likeness (QED) is 0.381. The molecule has 0 radical (unpaired) electrons. The summed E-state index contributed by atoms with van der Waals surface area (Å²) in [5.41, 5.74) is 1.53. The Morgan fingerprint density at radius 3 is 2.03 bits per heavy atom. The first-order valence-corrected chi connectivity index (χ1v) is 14.4. The van der Waals surface area contributed by atoms with Crippen molar-refractivity contribution in [3.63, 3.8) is 0 Å². The van der Waals surface area contributed by atoms with Gasteiger partial charge in [0.1, 0.15) is 16.2 Å². The molecule has 0 N–H and O–H groups in total. The van der Waals surface area contributed by atoms with Gasteiger partial charge in [-0.2, -0.15) is 13.2 Å². The maximum atomic E-state index is 13.5. The van der Waals surface area contributed by atoms with Crippen LogP contribution in [-0.4, -0.2) is 63.9 Å². The second kappa shape index (κ2) is 10.6. The fourth-order valence-electron chi connectivity index (χ4n) is 5.03. The average Bonchev–Trinajstić information content (AvgIpc) is 2.81.